The summed E-state index contributed by atoms with van der Waals surface area (Å²) in [5, 5.41) is 0.0449. The van der Waals surface area contributed by atoms with Crippen molar-refractivity contribution in [3.8, 4) is 0 Å². The average molecular weight is 378 g/mol. The standard InChI is InChI=1S/C18H14Cl2FN3O/c19-11-9-12(20)13(21)8-10(11)18(25)24-7-3-6-16(24)17-22-14-4-1-2-5-15(14)23-17/h1-2,4-5,8-9,16H,3,6-7H2,(H,22,23). The van der Waals surface area contributed by atoms with Gasteiger partial charge < -0.3 is 9.88 Å². The first kappa shape index (κ1) is 16.4. The van der Waals surface area contributed by atoms with Crippen LogP contribution in [0.3, 0.4) is 0 Å². The average Bonchev–Trinajstić information content (AvgIpc) is 3.23. The van der Waals surface area contributed by atoms with Crippen molar-refractivity contribution in [1.29, 1.82) is 0 Å². The second kappa shape index (κ2) is 6.32. The smallest absolute Gasteiger partial charge is 0.256 e. The highest BCUT2D eigenvalue weighted by Crippen LogP contribution is 2.34. The van der Waals surface area contributed by atoms with E-state index in [-0.39, 0.29) is 27.6 Å². The Hall–Kier alpha value is -2.11. The highest BCUT2D eigenvalue weighted by Gasteiger charge is 2.33. The van der Waals surface area contributed by atoms with E-state index < -0.39 is 5.82 Å². The van der Waals surface area contributed by atoms with E-state index in [4.69, 9.17) is 23.2 Å². The van der Waals surface area contributed by atoms with Crippen molar-refractivity contribution in [2.45, 2.75) is 18.9 Å². The summed E-state index contributed by atoms with van der Waals surface area (Å²) in [5.41, 5.74) is 1.89. The lowest BCUT2D eigenvalue weighted by Crippen LogP contribution is -2.31. The van der Waals surface area contributed by atoms with Gasteiger partial charge in [0.15, 0.2) is 0 Å². The number of para-hydroxylation sites is 2. The Balaban J connectivity index is 1.69. The van der Waals surface area contributed by atoms with E-state index in [0.717, 1.165) is 35.8 Å². The minimum atomic E-state index is -0.658. The molecule has 0 radical (unpaired) electrons. The third kappa shape index (κ3) is 2.87. The zero-order chi connectivity index (χ0) is 17.6. The molecule has 128 valence electrons. The molecule has 0 saturated carbocycles. The summed E-state index contributed by atoms with van der Waals surface area (Å²) in [4.78, 5) is 22.5. The van der Waals surface area contributed by atoms with Crippen molar-refractivity contribution in [2.75, 3.05) is 6.54 Å². The molecule has 1 saturated heterocycles. The van der Waals surface area contributed by atoms with Gasteiger partial charge in [0.1, 0.15) is 11.6 Å². The molecule has 1 amide bonds. The van der Waals surface area contributed by atoms with Gasteiger partial charge >= 0.3 is 0 Å². The summed E-state index contributed by atoms with van der Waals surface area (Å²) in [6, 6.07) is 9.88. The van der Waals surface area contributed by atoms with E-state index in [1.807, 2.05) is 24.3 Å². The summed E-state index contributed by atoms with van der Waals surface area (Å²) in [6.45, 7) is 0.571. The van der Waals surface area contributed by atoms with Crippen LogP contribution in [-0.2, 0) is 0 Å². The Morgan fingerprint density at radius 1 is 1.24 bits per heavy atom. The summed E-state index contributed by atoms with van der Waals surface area (Å²) in [5.74, 6) is -0.241. The third-order valence-corrected chi connectivity index (χ3v) is 5.08. The second-order valence-corrected chi connectivity index (χ2v) is 6.86. The van der Waals surface area contributed by atoms with Gasteiger partial charge in [-0.15, -0.1) is 0 Å². The maximum Gasteiger partial charge on any atom is 0.256 e. The van der Waals surface area contributed by atoms with Crippen molar-refractivity contribution >= 4 is 40.1 Å². The lowest BCUT2D eigenvalue weighted by molar-refractivity contribution is 0.0730. The molecule has 1 fully saturated rings. The van der Waals surface area contributed by atoms with Gasteiger partial charge in [-0.25, -0.2) is 9.37 Å². The monoisotopic (exact) mass is 377 g/mol. The molecule has 1 aliphatic rings. The van der Waals surface area contributed by atoms with Crippen molar-refractivity contribution in [1.82, 2.24) is 14.9 Å². The highest BCUT2D eigenvalue weighted by molar-refractivity contribution is 6.36. The third-order valence-electron chi connectivity index (χ3n) is 4.48. The van der Waals surface area contributed by atoms with Crippen LogP contribution in [0.25, 0.3) is 11.0 Å². The number of fused-ring (bicyclic) bond motifs is 1. The zero-order valence-corrected chi connectivity index (χ0v) is 14.6. The number of aromatic amines is 1. The number of hydrogen-bond acceptors (Lipinski definition) is 2. The van der Waals surface area contributed by atoms with Gasteiger partial charge in [0.25, 0.3) is 5.91 Å². The van der Waals surface area contributed by atoms with Crippen LogP contribution >= 0.6 is 23.2 Å². The number of aromatic nitrogens is 2. The summed E-state index contributed by atoms with van der Waals surface area (Å²) < 4.78 is 13.8. The first-order valence-corrected chi connectivity index (χ1v) is 8.70. The Bertz CT molecular complexity index is 939. The van der Waals surface area contributed by atoms with E-state index in [1.54, 1.807) is 4.90 Å². The van der Waals surface area contributed by atoms with Crippen LogP contribution in [0.2, 0.25) is 10.0 Å². The largest absolute Gasteiger partial charge is 0.340 e. The molecule has 3 aromatic rings. The van der Waals surface area contributed by atoms with Gasteiger partial charge in [-0.3, -0.25) is 4.79 Å². The van der Waals surface area contributed by atoms with Crippen LogP contribution in [-0.4, -0.2) is 27.3 Å². The Labute approximate surface area is 153 Å². The number of rotatable bonds is 2. The molecule has 0 aliphatic carbocycles. The molecule has 1 unspecified atom stereocenters. The van der Waals surface area contributed by atoms with Crippen LogP contribution in [0.5, 0.6) is 0 Å². The van der Waals surface area contributed by atoms with Crippen LogP contribution in [0, 0.1) is 5.82 Å². The van der Waals surface area contributed by atoms with Gasteiger partial charge in [-0.1, -0.05) is 35.3 Å². The summed E-state index contributed by atoms with van der Waals surface area (Å²) >= 11 is 11.8. The Morgan fingerprint density at radius 3 is 2.84 bits per heavy atom. The van der Waals surface area contributed by atoms with Gasteiger partial charge in [0, 0.05) is 6.54 Å². The van der Waals surface area contributed by atoms with Crippen LogP contribution in [0.15, 0.2) is 36.4 Å². The van der Waals surface area contributed by atoms with E-state index >= 15 is 0 Å². The maximum atomic E-state index is 13.8. The van der Waals surface area contributed by atoms with E-state index in [9.17, 15) is 9.18 Å². The number of benzene rings is 2. The molecular weight excluding hydrogens is 364 g/mol. The van der Waals surface area contributed by atoms with Crippen LogP contribution in [0.4, 0.5) is 4.39 Å². The Morgan fingerprint density at radius 2 is 2.04 bits per heavy atom. The second-order valence-electron chi connectivity index (χ2n) is 6.04. The van der Waals surface area contributed by atoms with Crippen molar-refractivity contribution in [3.63, 3.8) is 0 Å². The normalized spacial score (nSPS) is 17.4. The van der Waals surface area contributed by atoms with Gasteiger partial charge in [0.2, 0.25) is 0 Å². The fourth-order valence-corrected chi connectivity index (χ4v) is 3.73. The van der Waals surface area contributed by atoms with E-state index in [1.165, 1.54) is 6.07 Å². The number of halogens is 3. The SMILES string of the molecule is O=C(c1cc(F)c(Cl)cc1Cl)N1CCCC1c1nc2ccccc2[nH]1. The van der Waals surface area contributed by atoms with Crippen molar-refractivity contribution in [2.24, 2.45) is 0 Å². The lowest BCUT2D eigenvalue weighted by atomic mass is 10.1. The molecule has 1 N–H and O–H groups in total. The lowest BCUT2D eigenvalue weighted by Gasteiger charge is -2.23. The van der Waals surface area contributed by atoms with Gasteiger partial charge in [-0.2, -0.15) is 0 Å². The molecule has 4 rings (SSSR count). The maximum absolute atomic E-state index is 13.8. The minimum absolute atomic E-state index is 0.100. The number of likely N-dealkylation sites (tertiary alicyclic amines) is 1. The predicted molar refractivity (Wildman–Crippen MR) is 95.5 cm³/mol. The molecule has 0 bridgehead atoms. The highest BCUT2D eigenvalue weighted by atomic mass is 35.5. The number of nitrogens with zero attached hydrogens (tertiary/aromatic N) is 2. The first-order valence-electron chi connectivity index (χ1n) is 7.95. The van der Waals surface area contributed by atoms with Crippen molar-refractivity contribution in [3.05, 3.63) is 63.6 Å². The van der Waals surface area contributed by atoms with Gasteiger partial charge in [0.05, 0.1) is 32.7 Å². The fraction of sp³-hybridized carbons (Fsp3) is 0.222. The summed E-state index contributed by atoms with van der Waals surface area (Å²) in [6.07, 6.45) is 1.64. The molecule has 4 nitrogen and oxygen atoms in total. The first-order chi connectivity index (χ1) is 12.0. The van der Waals surface area contributed by atoms with Crippen LogP contribution < -0.4 is 0 Å². The van der Waals surface area contributed by atoms with E-state index in [2.05, 4.69) is 9.97 Å². The number of imidazole rings is 1. The molecule has 1 atom stereocenters. The molecule has 25 heavy (non-hydrogen) atoms. The molecule has 1 aromatic heterocycles. The number of carbonyl (C=O) groups excluding carboxylic acids is 1. The molecule has 0 spiro atoms. The number of carbonyl (C=O) groups is 1. The number of nitrogens with one attached hydrogen (secondary N) is 1. The number of hydrogen-bond donors (Lipinski definition) is 1. The zero-order valence-electron chi connectivity index (χ0n) is 13.1. The Kier molecular flexibility index (Phi) is 4.13. The molecule has 2 heterocycles. The molecular formula is C18H14Cl2FN3O. The number of H-pyrrole nitrogens is 1. The topological polar surface area (TPSA) is 49.0 Å². The van der Waals surface area contributed by atoms with Crippen molar-refractivity contribution < 1.29 is 9.18 Å². The van der Waals surface area contributed by atoms with Crippen LogP contribution in [0.1, 0.15) is 35.1 Å². The molecule has 2 aromatic carbocycles. The number of amides is 1. The summed E-state index contributed by atoms with van der Waals surface area (Å²) in [7, 11) is 0. The predicted octanol–water partition coefficient (Wildman–Crippen LogP) is 4.99. The molecule has 1 aliphatic heterocycles. The molecule has 7 heteroatoms. The van der Waals surface area contributed by atoms with Gasteiger partial charge in [-0.05, 0) is 37.1 Å². The minimum Gasteiger partial charge on any atom is -0.340 e. The van der Waals surface area contributed by atoms with E-state index in [0.29, 0.717) is 6.54 Å². The quantitative estimate of drug-likeness (QED) is 0.639. The fourth-order valence-electron chi connectivity index (χ4n) is 3.27.